The predicted octanol–water partition coefficient (Wildman–Crippen LogP) is 2.50. The Hall–Kier alpha value is -1.78. The summed E-state index contributed by atoms with van der Waals surface area (Å²) in [4.78, 5) is 0. The minimum absolute atomic E-state index is 0. The Morgan fingerprint density at radius 2 is 2.20 bits per heavy atom. The van der Waals surface area contributed by atoms with Gasteiger partial charge in [0.25, 0.3) is 0 Å². The Balaban J connectivity index is 0. The van der Waals surface area contributed by atoms with Crippen molar-refractivity contribution >= 4 is 0 Å². The average molecular weight is 367 g/mol. The van der Waals surface area contributed by atoms with E-state index in [4.69, 9.17) is 0 Å². The van der Waals surface area contributed by atoms with Gasteiger partial charge in [-0.05, 0) is 0 Å². The molecule has 0 unspecified atom stereocenters. The molecule has 1 heteroatoms. The van der Waals surface area contributed by atoms with E-state index in [0.717, 1.165) is 6.42 Å². The quantitative estimate of drug-likeness (QED) is 0.670. The van der Waals surface area contributed by atoms with Crippen LogP contribution in [0.2, 0.25) is 0 Å². The minimum atomic E-state index is 0. The summed E-state index contributed by atoms with van der Waals surface area (Å²) in [5.74, 6) is 0. The molecule has 0 aliphatic carbocycles. The van der Waals surface area contributed by atoms with Crippen LogP contribution in [-0.4, -0.2) is 0 Å². The molecule has 0 bridgehead atoms. The number of hydrogen-bond acceptors (Lipinski definition) is 0. The molecule has 0 radical (unpaired) electrons. The van der Waals surface area contributed by atoms with E-state index in [1.165, 1.54) is 5.56 Å². The largest absolute Gasteiger partial charge is 0.358 e. The maximum absolute atomic E-state index is 3.01. The molecule has 0 N–H and O–H groups in total. The second-order valence-corrected chi connectivity index (χ2v) is 1.77. The number of benzene rings is 1. The molecular formula is C9H12Cm-2. The Kier molecular flexibility index (Phi) is 5.93. The summed E-state index contributed by atoms with van der Waals surface area (Å²) >= 11 is 0. The van der Waals surface area contributed by atoms with Gasteiger partial charge in [-0.2, -0.15) is 35.9 Å². The molecule has 0 amide bonds. The monoisotopic (exact) mass is 363 g/mol. The molecule has 0 nitrogen and oxygen atoms in total. The van der Waals surface area contributed by atoms with Crippen LogP contribution in [0.4, 0.5) is 0 Å². The van der Waals surface area contributed by atoms with Crippen LogP contribution in [0.3, 0.4) is 0 Å². The molecule has 1 aromatic rings. The molecule has 10 heavy (non-hydrogen) atoms. The first-order chi connectivity index (χ1) is 3.93. The van der Waals surface area contributed by atoms with Gasteiger partial charge in [-0.1, -0.05) is 13.3 Å². The van der Waals surface area contributed by atoms with Gasteiger partial charge in [0.15, 0.2) is 0 Å². The van der Waals surface area contributed by atoms with Crippen molar-refractivity contribution in [2.24, 2.45) is 0 Å². The summed E-state index contributed by atoms with van der Waals surface area (Å²) in [7, 11) is 0. The first kappa shape index (κ1) is 11.1. The van der Waals surface area contributed by atoms with E-state index >= 15 is 0 Å². The van der Waals surface area contributed by atoms with E-state index in [9.17, 15) is 0 Å². The van der Waals surface area contributed by atoms with Gasteiger partial charge < -0.3 is 7.43 Å². The predicted molar refractivity (Wildman–Crippen MR) is 41.1 cm³/mol. The van der Waals surface area contributed by atoms with Crippen LogP contribution in [-0.2, 0) is 6.42 Å². The van der Waals surface area contributed by atoms with Gasteiger partial charge in [0.1, 0.15) is 0 Å². The van der Waals surface area contributed by atoms with Crippen molar-refractivity contribution in [3.8, 4) is 0 Å². The third-order valence-electron chi connectivity index (χ3n) is 1.18. The SMILES string of the molecule is CCc1c[c-]ccc1.[CH3-].[Cm]. The fourth-order valence-corrected chi connectivity index (χ4v) is 0.650. The second kappa shape index (κ2) is 5.36. The molecule has 1 aromatic carbocycles. The Morgan fingerprint density at radius 3 is 2.50 bits per heavy atom. The van der Waals surface area contributed by atoms with Crippen molar-refractivity contribution in [1.29, 1.82) is 0 Å². The van der Waals surface area contributed by atoms with Crippen molar-refractivity contribution in [3.05, 3.63) is 43.3 Å². The topological polar surface area (TPSA) is 0 Å². The average Bonchev–Trinajstić information content (AvgIpc) is 1.90. The van der Waals surface area contributed by atoms with Crippen molar-refractivity contribution < 1.29 is 0 Å². The third-order valence-corrected chi connectivity index (χ3v) is 1.18. The maximum atomic E-state index is 3.01. The first-order valence-corrected chi connectivity index (χ1v) is 2.88. The normalized spacial score (nSPS) is 7.30. The number of rotatable bonds is 1. The molecule has 0 aromatic heterocycles. The summed E-state index contributed by atoms with van der Waals surface area (Å²) in [6.45, 7) is 2.14. The summed E-state index contributed by atoms with van der Waals surface area (Å²) in [6.07, 6.45) is 1.11. The zero-order valence-corrected chi connectivity index (χ0v) is 9.31. The van der Waals surface area contributed by atoms with Crippen LogP contribution >= 0.6 is 0 Å². The van der Waals surface area contributed by atoms with E-state index in [2.05, 4.69) is 19.1 Å². The third kappa shape index (κ3) is 2.51. The standard InChI is InChI=1S/C8H9.CH3.Cm/c1-2-8-6-4-3-5-7-8;;/h3-4,6-7H,2H2,1H3;1H3;/q2*-1;. The Morgan fingerprint density at radius 1 is 1.50 bits per heavy atom. The Labute approximate surface area is 57.5 Å². The minimum Gasteiger partial charge on any atom is -0.358 e. The van der Waals surface area contributed by atoms with Crippen LogP contribution in [0.5, 0.6) is 0 Å². The molecule has 0 aliphatic rings. The van der Waals surface area contributed by atoms with Crippen LogP contribution < -0.4 is 0 Å². The fourth-order valence-electron chi connectivity index (χ4n) is 0.650. The molecule has 1 rings (SSSR count). The summed E-state index contributed by atoms with van der Waals surface area (Å²) < 4.78 is 0. The van der Waals surface area contributed by atoms with Crippen molar-refractivity contribution in [1.82, 2.24) is 0 Å². The fraction of sp³-hybridized carbons (Fsp3) is 0.222. The molecule has 0 fully saturated rings. The van der Waals surface area contributed by atoms with Gasteiger partial charge in [-0.3, -0.25) is 0 Å². The van der Waals surface area contributed by atoms with E-state index in [1.54, 1.807) is 0 Å². The van der Waals surface area contributed by atoms with Gasteiger partial charge in [-0.25, -0.2) is 0 Å². The summed E-state index contributed by atoms with van der Waals surface area (Å²) in [6, 6.07) is 11.1. The molecule has 58 valence electrons. The van der Waals surface area contributed by atoms with Crippen molar-refractivity contribution in [2.75, 3.05) is 0 Å². The molecule has 0 saturated carbocycles. The van der Waals surface area contributed by atoms with Gasteiger partial charge in [0.05, 0.1) is 0 Å². The van der Waals surface area contributed by atoms with Crippen LogP contribution in [0, 0.1) is 13.5 Å². The molecule has 0 aliphatic heterocycles. The van der Waals surface area contributed by atoms with Gasteiger partial charge in [-0.15, -0.1) is 0 Å². The summed E-state index contributed by atoms with van der Waals surface area (Å²) in [5, 5.41) is 0. The van der Waals surface area contributed by atoms with Gasteiger partial charge >= 0.3 is 0 Å². The second-order valence-electron chi connectivity index (χ2n) is 1.77. The van der Waals surface area contributed by atoms with E-state index in [-0.39, 0.29) is 7.43 Å². The number of hydrogen-bond donors (Lipinski definition) is 0. The van der Waals surface area contributed by atoms with E-state index < -0.39 is 0 Å². The maximum Gasteiger partial charge on any atom is 0 e. The zero-order chi connectivity index (χ0) is 5.82. The molecule has 0 atom stereocenters. The molecule has 0 spiro atoms. The molecule has 0 saturated heterocycles. The van der Waals surface area contributed by atoms with Crippen LogP contribution in [0.15, 0.2) is 24.3 Å². The zero-order valence-electron chi connectivity index (χ0n) is 6.37. The first-order valence-electron chi connectivity index (χ1n) is 2.88. The summed E-state index contributed by atoms with van der Waals surface area (Å²) in [5.41, 5.74) is 1.35. The van der Waals surface area contributed by atoms with E-state index in [0.29, 0.717) is 0 Å². The van der Waals surface area contributed by atoms with E-state index in [1.807, 2.05) is 18.2 Å². The van der Waals surface area contributed by atoms with Crippen LogP contribution in [0.1, 0.15) is 12.5 Å². The van der Waals surface area contributed by atoms with Gasteiger partial charge in [0.2, 0.25) is 0 Å². The molecular weight excluding hydrogens is 355 g/mol. The number of aryl methyl sites for hydroxylation is 1. The Bertz CT molecular complexity index is 146. The van der Waals surface area contributed by atoms with Crippen molar-refractivity contribution in [3.63, 3.8) is 0 Å². The van der Waals surface area contributed by atoms with Crippen molar-refractivity contribution in [2.45, 2.75) is 13.3 Å². The van der Waals surface area contributed by atoms with Gasteiger partial charge in [0, 0.05) is 0 Å². The van der Waals surface area contributed by atoms with Crippen LogP contribution in [0.25, 0.3) is 0 Å². The molecule has 0 heterocycles. The smallest absolute Gasteiger partial charge is 0 e.